The van der Waals surface area contributed by atoms with Gasteiger partial charge in [0.15, 0.2) is 0 Å². The Labute approximate surface area is 190 Å². The van der Waals surface area contributed by atoms with Crippen molar-refractivity contribution in [3.63, 3.8) is 0 Å². The molecule has 1 fully saturated rings. The quantitative estimate of drug-likeness (QED) is 0.429. The summed E-state index contributed by atoms with van der Waals surface area (Å²) in [5.74, 6) is 2.46. The SMILES string of the molecule is COc1ccccc1-c1cn(-c2ccc(F)cc2)c2cc(C(=O)NC3CCSC3)ccc12. The van der Waals surface area contributed by atoms with Gasteiger partial charge in [0, 0.05) is 45.8 Å². The fraction of sp³-hybridized carbons (Fsp3) is 0.192. The smallest absolute Gasteiger partial charge is 0.251 e. The number of rotatable bonds is 5. The summed E-state index contributed by atoms with van der Waals surface area (Å²) in [4.78, 5) is 12.9. The molecule has 4 nitrogen and oxygen atoms in total. The molecule has 1 unspecified atom stereocenters. The van der Waals surface area contributed by atoms with E-state index in [0.717, 1.165) is 51.4 Å². The van der Waals surface area contributed by atoms with Crippen LogP contribution in [-0.4, -0.2) is 35.1 Å². The van der Waals surface area contributed by atoms with E-state index in [4.69, 9.17) is 4.74 Å². The van der Waals surface area contributed by atoms with Gasteiger partial charge in [-0.25, -0.2) is 4.39 Å². The van der Waals surface area contributed by atoms with Gasteiger partial charge in [0.25, 0.3) is 5.91 Å². The van der Waals surface area contributed by atoms with E-state index in [2.05, 4.69) is 5.32 Å². The fourth-order valence-corrected chi connectivity index (χ4v) is 5.33. The van der Waals surface area contributed by atoms with Gasteiger partial charge < -0.3 is 14.6 Å². The summed E-state index contributed by atoms with van der Waals surface area (Å²) in [7, 11) is 1.65. The van der Waals surface area contributed by atoms with Gasteiger partial charge >= 0.3 is 0 Å². The average Bonchev–Trinajstić information content (AvgIpc) is 3.47. The van der Waals surface area contributed by atoms with Crippen LogP contribution in [0.15, 0.2) is 72.9 Å². The zero-order chi connectivity index (χ0) is 22.1. The van der Waals surface area contributed by atoms with Crippen molar-refractivity contribution >= 4 is 28.6 Å². The summed E-state index contributed by atoms with van der Waals surface area (Å²) in [6.07, 6.45) is 3.02. The Bertz CT molecular complexity index is 1280. The Morgan fingerprint density at radius 2 is 1.91 bits per heavy atom. The molecule has 1 atom stereocenters. The van der Waals surface area contributed by atoms with Gasteiger partial charge in [-0.2, -0.15) is 11.8 Å². The van der Waals surface area contributed by atoms with Gasteiger partial charge in [0.05, 0.1) is 12.6 Å². The average molecular weight is 447 g/mol. The maximum Gasteiger partial charge on any atom is 0.251 e. The van der Waals surface area contributed by atoms with Gasteiger partial charge in [-0.1, -0.05) is 24.3 Å². The maximum absolute atomic E-state index is 13.6. The van der Waals surface area contributed by atoms with Crippen molar-refractivity contribution < 1.29 is 13.9 Å². The minimum atomic E-state index is -0.287. The number of hydrogen-bond donors (Lipinski definition) is 1. The van der Waals surface area contributed by atoms with Crippen LogP contribution in [0.5, 0.6) is 5.75 Å². The van der Waals surface area contributed by atoms with Gasteiger partial charge in [-0.05, 0) is 54.6 Å². The van der Waals surface area contributed by atoms with Crippen LogP contribution in [0.1, 0.15) is 16.8 Å². The van der Waals surface area contributed by atoms with Crippen LogP contribution in [-0.2, 0) is 0 Å². The monoisotopic (exact) mass is 446 g/mol. The van der Waals surface area contributed by atoms with Crippen LogP contribution >= 0.6 is 11.8 Å². The number of nitrogens with zero attached hydrogens (tertiary/aromatic N) is 1. The Kier molecular flexibility index (Phi) is 5.62. The molecule has 162 valence electrons. The number of carbonyl (C=O) groups is 1. The molecular weight excluding hydrogens is 423 g/mol. The zero-order valence-electron chi connectivity index (χ0n) is 17.7. The van der Waals surface area contributed by atoms with Crippen molar-refractivity contribution in [1.82, 2.24) is 9.88 Å². The van der Waals surface area contributed by atoms with Crippen molar-refractivity contribution in [1.29, 1.82) is 0 Å². The lowest BCUT2D eigenvalue weighted by atomic mass is 10.0. The number of aromatic nitrogens is 1. The number of carbonyl (C=O) groups excluding carboxylic acids is 1. The highest BCUT2D eigenvalue weighted by molar-refractivity contribution is 7.99. The minimum absolute atomic E-state index is 0.0647. The van der Waals surface area contributed by atoms with E-state index < -0.39 is 0 Å². The number of para-hydroxylation sites is 1. The molecule has 1 N–H and O–H groups in total. The number of fused-ring (bicyclic) bond motifs is 1. The second kappa shape index (κ2) is 8.71. The largest absolute Gasteiger partial charge is 0.496 e. The van der Waals surface area contributed by atoms with E-state index in [9.17, 15) is 9.18 Å². The Morgan fingerprint density at radius 3 is 2.66 bits per heavy atom. The Balaban J connectivity index is 1.65. The molecule has 0 saturated carbocycles. The number of methoxy groups -OCH3 is 1. The number of ether oxygens (including phenoxy) is 1. The molecular formula is C26H23FN2O2S. The fourth-order valence-electron chi connectivity index (χ4n) is 4.18. The molecule has 1 amide bonds. The van der Waals surface area contributed by atoms with Gasteiger partial charge in [0.1, 0.15) is 11.6 Å². The molecule has 0 bridgehead atoms. The minimum Gasteiger partial charge on any atom is -0.496 e. The molecule has 6 heteroatoms. The molecule has 2 heterocycles. The summed E-state index contributed by atoms with van der Waals surface area (Å²) >= 11 is 1.87. The lowest BCUT2D eigenvalue weighted by Crippen LogP contribution is -2.34. The topological polar surface area (TPSA) is 43.3 Å². The third-order valence-electron chi connectivity index (χ3n) is 5.83. The zero-order valence-corrected chi connectivity index (χ0v) is 18.5. The van der Waals surface area contributed by atoms with E-state index in [0.29, 0.717) is 5.56 Å². The molecule has 32 heavy (non-hydrogen) atoms. The lowest BCUT2D eigenvalue weighted by Gasteiger charge is -2.12. The van der Waals surface area contributed by atoms with Crippen molar-refractivity contribution in [2.24, 2.45) is 0 Å². The highest BCUT2D eigenvalue weighted by Crippen LogP contribution is 2.38. The van der Waals surface area contributed by atoms with E-state index >= 15 is 0 Å². The number of amides is 1. The third-order valence-corrected chi connectivity index (χ3v) is 7.00. The number of benzene rings is 3. The summed E-state index contributed by atoms with van der Waals surface area (Å²) in [5.41, 5.74) is 4.26. The first-order chi connectivity index (χ1) is 15.6. The van der Waals surface area contributed by atoms with E-state index in [-0.39, 0.29) is 17.8 Å². The van der Waals surface area contributed by atoms with Crippen LogP contribution in [0.4, 0.5) is 4.39 Å². The molecule has 3 aromatic carbocycles. The number of thioether (sulfide) groups is 1. The second-order valence-corrected chi connectivity index (χ2v) is 9.01. The van der Waals surface area contributed by atoms with Crippen LogP contribution in [0.25, 0.3) is 27.7 Å². The molecule has 4 aromatic rings. The first-order valence-electron chi connectivity index (χ1n) is 10.6. The predicted molar refractivity (Wildman–Crippen MR) is 128 cm³/mol. The molecule has 1 saturated heterocycles. The lowest BCUT2D eigenvalue weighted by molar-refractivity contribution is 0.0941. The molecule has 5 rings (SSSR count). The maximum atomic E-state index is 13.6. The number of hydrogen-bond acceptors (Lipinski definition) is 3. The summed E-state index contributed by atoms with van der Waals surface area (Å²) in [6.45, 7) is 0. The van der Waals surface area contributed by atoms with Crippen molar-refractivity contribution in [3.05, 3.63) is 84.3 Å². The molecule has 1 aliphatic rings. The molecule has 1 aliphatic heterocycles. The van der Waals surface area contributed by atoms with Crippen molar-refractivity contribution in [2.45, 2.75) is 12.5 Å². The van der Waals surface area contributed by atoms with Gasteiger partial charge in [-0.15, -0.1) is 0 Å². The highest BCUT2D eigenvalue weighted by Gasteiger charge is 2.20. The standard InChI is InChI=1S/C26H23FN2O2S/c1-31-25-5-3-2-4-22(25)23-15-29(20-9-7-18(27)8-10-20)24-14-17(6-11-21(23)24)26(30)28-19-12-13-32-16-19/h2-11,14-15,19H,12-13,16H2,1H3,(H,28,30). The summed E-state index contributed by atoms with van der Waals surface area (Å²) in [6, 6.07) is 20.2. The molecule has 0 aliphatic carbocycles. The number of nitrogens with one attached hydrogen (secondary N) is 1. The van der Waals surface area contributed by atoms with E-state index in [1.54, 1.807) is 19.2 Å². The van der Waals surface area contributed by atoms with Crippen LogP contribution < -0.4 is 10.1 Å². The number of halogens is 1. The van der Waals surface area contributed by atoms with E-state index in [1.807, 2.05) is 65.0 Å². The molecule has 0 radical (unpaired) electrons. The second-order valence-electron chi connectivity index (χ2n) is 7.86. The molecule has 1 aromatic heterocycles. The first-order valence-corrected chi connectivity index (χ1v) is 11.7. The van der Waals surface area contributed by atoms with Crippen LogP contribution in [0, 0.1) is 5.82 Å². The normalized spacial score (nSPS) is 15.8. The highest BCUT2D eigenvalue weighted by atomic mass is 32.2. The van der Waals surface area contributed by atoms with Gasteiger partial charge in [-0.3, -0.25) is 4.79 Å². The van der Waals surface area contributed by atoms with Crippen LogP contribution in [0.3, 0.4) is 0 Å². The predicted octanol–water partition coefficient (Wildman–Crippen LogP) is 5.68. The Morgan fingerprint density at radius 1 is 1.09 bits per heavy atom. The third kappa shape index (κ3) is 3.86. The van der Waals surface area contributed by atoms with Crippen LogP contribution in [0.2, 0.25) is 0 Å². The van der Waals surface area contributed by atoms with E-state index in [1.165, 1.54) is 12.1 Å². The Hall–Kier alpha value is -3.25. The molecule has 0 spiro atoms. The van der Waals surface area contributed by atoms with Crippen molar-refractivity contribution in [2.75, 3.05) is 18.6 Å². The van der Waals surface area contributed by atoms with Gasteiger partial charge in [0.2, 0.25) is 0 Å². The summed E-state index contributed by atoms with van der Waals surface area (Å²) in [5, 5.41) is 4.14. The van der Waals surface area contributed by atoms with Crippen molar-refractivity contribution in [3.8, 4) is 22.6 Å². The summed E-state index contributed by atoms with van der Waals surface area (Å²) < 4.78 is 21.2. The first kappa shape index (κ1) is 20.6.